The van der Waals surface area contributed by atoms with E-state index in [0.717, 1.165) is 25.2 Å². The zero-order chi connectivity index (χ0) is 13.1. The van der Waals surface area contributed by atoms with Crippen LogP contribution in [0.5, 0.6) is 0 Å². The van der Waals surface area contributed by atoms with Gasteiger partial charge in [0.15, 0.2) is 5.84 Å². The lowest BCUT2D eigenvalue weighted by molar-refractivity contribution is 0.121. The van der Waals surface area contributed by atoms with Crippen molar-refractivity contribution in [1.29, 1.82) is 0 Å². The summed E-state index contributed by atoms with van der Waals surface area (Å²) >= 11 is 0. The summed E-state index contributed by atoms with van der Waals surface area (Å²) in [6.45, 7) is 3.45. The molecular weight excluding hydrogens is 234 g/mol. The first-order valence-corrected chi connectivity index (χ1v) is 5.75. The molecule has 1 fully saturated rings. The fourth-order valence-corrected chi connectivity index (χ4v) is 1.98. The number of rotatable bonds is 3. The van der Waals surface area contributed by atoms with Gasteiger partial charge in [0.1, 0.15) is 5.69 Å². The number of nitrogens with two attached hydrogens (primary N) is 1. The highest BCUT2D eigenvalue weighted by Crippen LogP contribution is 2.18. The van der Waals surface area contributed by atoms with Crippen LogP contribution in [-0.4, -0.2) is 47.3 Å². The minimum atomic E-state index is -0.00996. The van der Waals surface area contributed by atoms with Crippen LogP contribution in [0.1, 0.15) is 17.8 Å². The van der Waals surface area contributed by atoms with Crippen molar-refractivity contribution in [3.63, 3.8) is 0 Å². The molecule has 0 radical (unpaired) electrons. The van der Waals surface area contributed by atoms with E-state index in [1.165, 1.54) is 0 Å². The first-order chi connectivity index (χ1) is 8.63. The fraction of sp³-hybridized carbons (Fsp3) is 0.545. The summed E-state index contributed by atoms with van der Waals surface area (Å²) in [5.74, 6) is 0.584. The molecule has 0 amide bonds. The van der Waals surface area contributed by atoms with Crippen LogP contribution >= 0.6 is 0 Å². The van der Waals surface area contributed by atoms with Crippen LogP contribution in [0, 0.1) is 6.92 Å². The molecular formula is C11H17N5O2. The Labute approximate surface area is 105 Å². The van der Waals surface area contributed by atoms with Crippen molar-refractivity contribution in [2.45, 2.75) is 19.4 Å². The predicted octanol–water partition coefficient (Wildman–Crippen LogP) is 0.105. The Morgan fingerprint density at radius 1 is 1.61 bits per heavy atom. The van der Waals surface area contributed by atoms with Crippen LogP contribution in [0.4, 0.5) is 5.95 Å². The number of aryl methyl sites for hydroxylation is 1. The summed E-state index contributed by atoms with van der Waals surface area (Å²) in [4.78, 5) is 10.7. The van der Waals surface area contributed by atoms with Gasteiger partial charge in [0.05, 0.1) is 6.10 Å². The minimum Gasteiger partial charge on any atom is -0.409 e. The van der Waals surface area contributed by atoms with Crippen LogP contribution in [0.2, 0.25) is 0 Å². The number of hydrogen-bond donors (Lipinski definition) is 2. The molecule has 18 heavy (non-hydrogen) atoms. The molecule has 2 rings (SSSR count). The van der Waals surface area contributed by atoms with E-state index in [-0.39, 0.29) is 11.9 Å². The molecule has 1 saturated heterocycles. The number of hydrogen-bond acceptors (Lipinski definition) is 6. The van der Waals surface area contributed by atoms with Gasteiger partial charge in [0.2, 0.25) is 5.95 Å². The van der Waals surface area contributed by atoms with E-state index in [0.29, 0.717) is 11.6 Å². The van der Waals surface area contributed by atoms with Crippen molar-refractivity contribution < 1.29 is 9.94 Å². The molecule has 0 bridgehead atoms. The number of nitrogens with zero attached hydrogens (tertiary/aromatic N) is 4. The number of ether oxygens (including phenoxy) is 1. The quantitative estimate of drug-likeness (QED) is 0.342. The smallest absolute Gasteiger partial charge is 0.226 e. The average molecular weight is 251 g/mol. The highest BCUT2D eigenvalue weighted by atomic mass is 16.5. The summed E-state index contributed by atoms with van der Waals surface area (Å²) in [6.07, 6.45) is 1.16. The number of methoxy groups -OCH3 is 1. The van der Waals surface area contributed by atoms with E-state index in [9.17, 15) is 0 Å². The lowest BCUT2D eigenvalue weighted by atomic mass is 10.3. The molecule has 98 valence electrons. The van der Waals surface area contributed by atoms with E-state index < -0.39 is 0 Å². The average Bonchev–Trinajstić information content (AvgIpc) is 2.85. The Morgan fingerprint density at radius 2 is 2.39 bits per heavy atom. The van der Waals surface area contributed by atoms with Crippen LogP contribution in [0.25, 0.3) is 0 Å². The minimum absolute atomic E-state index is 0.00996. The summed E-state index contributed by atoms with van der Waals surface area (Å²) < 4.78 is 5.31. The van der Waals surface area contributed by atoms with Gasteiger partial charge in [-0.2, -0.15) is 0 Å². The molecule has 1 aromatic heterocycles. The lowest BCUT2D eigenvalue weighted by Gasteiger charge is -2.17. The van der Waals surface area contributed by atoms with E-state index in [1.54, 1.807) is 13.2 Å². The van der Waals surface area contributed by atoms with E-state index in [2.05, 4.69) is 15.1 Å². The molecule has 7 heteroatoms. The van der Waals surface area contributed by atoms with Crippen molar-refractivity contribution in [3.8, 4) is 0 Å². The van der Waals surface area contributed by atoms with Crippen LogP contribution in [0.15, 0.2) is 11.2 Å². The van der Waals surface area contributed by atoms with Gasteiger partial charge in [0, 0.05) is 25.9 Å². The topological polar surface area (TPSA) is 96.9 Å². The summed E-state index contributed by atoms with van der Waals surface area (Å²) in [6, 6.07) is 1.68. The molecule has 2 heterocycles. The Hall–Kier alpha value is -1.89. The molecule has 1 atom stereocenters. The third-order valence-corrected chi connectivity index (χ3v) is 2.97. The van der Waals surface area contributed by atoms with E-state index in [1.807, 2.05) is 11.8 Å². The Balaban J connectivity index is 2.26. The maximum absolute atomic E-state index is 8.68. The van der Waals surface area contributed by atoms with Crippen LogP contribution in [0.3, 0.4) is 0 Å². The molecule has 0 spiro atoms. The molecule has 3 N–H and O–H groups in total. The van der Waals surface area contributed by atoms with Crippen molar-refractivity contribution in [3.05, 3.63) is 17.5 Å². The monoisotopic (exact) mass is 251 g/mol. The first kappa shape index (κ1) is 12.6. The second kappa shape index (κ2) is 5.18. The van der Waals surface area contributed by atoms with Gasteiger partial charge >= 0.3 is 0 Å². The van der Waals surface area contributed by atoms with Gasteiger partial charge in [-0.3, -0.25) is 0 Å². The van der Waals surface area contributed by atoms with Gasteiger partial charge in [-0.1, -0.05) is 5.16 Å². The number of amidine groups is 1. The van der Waals surface area contributed by atoms with Gasteiger partial charge in [-0.05, 0) is 19.4 Å². The number of oxime groups is 1. The maximum atomic E-state index is 8.68. The molecule has 1 unspecified atom stereocenters. The zero-order valence-corrected chi connectivity index (χ0v) is 10.5. The van der Waals surface area contributed by atoms with Crippen LogP contribution in [-0.2, 0) is 4.74 Å². The highest BCUT2D eigenvalue weighted by molar-refractivity contribution is 5.95. The standard InChI is InChI=1S/C11H17N5O2/c1-7-5-9(10(12)15-17)14-11(13-7)16-4-3-8(6-16)18-2/h5,8,17H,3-4,6H2,1-2H3,(H2,12,15). The number of aromatic nitrogens is 2. The first-order valence-electron chi connectivity index (χ1n) is 5.75. The van der Waals surface area contributed by atoms with E-state index >= 15 is 0 Å². The molecule has 1 aliphatic rings. The summed E-state index contributed by atoms with van der Waals surface area (Å²) in [5, 5.41) is 11.6. The fourth-order valence-electron chi connectivity index (χ4n) is 1.98. The molecule has 1 aliphatic heterocycles. The van der Waals surface area contributed by atoms with Crippen molar-refractivity contribution in [2.24, 2.45) is 10.9 Å². The Bertz CT molecular complexity index is 463. The van der Waals surface area contributed by atoms with Crippen molar-refractivity contribution in [2.75, 3.05) is 25.1 Å². The lowest BCUT2D eigenvalue weighted by Crippen LogP contribution is -2.26. The van der Waals surface area contributed by atoms with E-state index in [4.69, 9.17) is 15.7 Å². The van der Waals surface area contributed by atoms with Crippen LogP contribution < -0.4 is 10.6 Å². The third kappa shape index (κ3) is 2.51. The van der Waals surface area contributed by atoms with Gasteiger partial charge in [-0.25, -0.2) is 9.97 Å². The van der Waals surface area contributed by atoms with Crippen molar-refractivity contribution >= 4 is 11.8 Å². The zero-order valence-electron chi connectivity index (χ0n) is 10.5. The molecule has 0 aliphatic carbocycles. The van der Waals surface area contributed by atoms with Gasteiger partial charge in [-0.15, -0.1) is 0 Å². The third-order valence-electron chi connectivity index (χ3n) is 2.97. The highest BCUT2D eigenvalue weighted by Gasteiger charge is 2.24. The molecule has 7 nitrogen and oxygen atoms in total. The van der Waals surface area contributed by atoms with Gasteiger partial charge in [0.25, 0.3) is 0 Å². The van der Waals surface area contributed by atoms with Crippen molar-refractivity contribution in [1.82, 2.24) is 9.97 Å². The normalized spacial score (nSPS) is 20.4. The number of anilines is 1. The predicted molar refractivity (Wildman–Crippen MR) is 66.9 cm³/mol. The SMILES string of the molecule is COC1CCN(c2nc(C)cc(/C(N)=N/O)n2)C1. The summed E-state index contributed by atoms with van der Waals surface area (Å²) in [7, 11) is 1.70. The second-order valence-electron chi connectivity index (χ2n) is 4.27. The molecule has 0 saturated carbocycles. The Kier molecular flexibility index (Phi) is 3.61. The van der Waals surface area contributed by atoms with Gasteiger partial charge < -0.3 is 20.6 Å². The molecule has 1 aromatic rings. The largest absolute Gasteiger partial charge is 0.409 e. The maximum Gasteiger partial charge on any atom is 0.226 e. The Morgan fingerprint density at radius 3 is 3.00 bits per heavy atom. The molecule has 0 aromatic carbocycles. The second-order valence-corrected chi connectivity index (χ2v) is 4.27. The summed E-state index contributed by atoms with van der Waals surface area (Å²) in [5.41, 5.74) is 6.76.